The van der Waals surface area contributed by atoms with Crippen LogP contribution in [0.2, 0.25) is 0 Å². The molecule has 35 heavy (non-hydrogen) atoms. The Balaban J connectivity index is 1.53. The number of aromatic nitrogens is 1. The van der Waals surface area contributed by atoms with Gasteiger partial charge in [0, 0.05) is 32.3 Å². The Morgan fingerprint density at radius 2 is 1.91 bits per heavy atom. The highest BCUT2D eigenvalue weighted by Gasteiger charge is 2.34. The predicted molar refractivity (Wildman–Crippen MR) is 130 cm³/mol. The lowest BCUT2D eigenvalue weighted by molar-refractivity contribution is -0.120. The van der Waals surface area contributed by atoms with Crippen molar-refractivity contribution in [3.63, 3.8) is 0 Å². The SMILES string of the molecule is CCOc1ccc(OCC)c(NC(=O)[C@@H]2CCCN(S(=O)(=O)c3ccc4c(c3)oc(=O)n4C)C2)c1. The third-order valence-corrected chi connectivity index (χ3v) is 7.84. The van der Waals surface area contributed by atoms with Crippen molar-refractivity contribution in [2.24, 2.45) is 13.0 Å². The number of carbonyl (C=O) groups is 1. The van der Waals surface area contributed by atoms with Crippen LogP contribution in [0.1, 0.15) is 26.7 Å². The van der Waals surface area contributed by atoms with E-state index < -0.39 is 21.7 Å². The average Bonchev–Trinajstić information content (AvgIpc) is 3.13. The van der Waals surface area contributed by atoms with Crippen LogP contribution in [0, 0.1) is 5.92 Å². The van der Waals surface area contributed by atoms with Crippen LogP contribution in [0.15, 0.2) is 50.5 Å². The Morgan fingerprint density at radius 1 is 1.14 bits per heavy atom. The van der Waals surface area contributed by atoms with Gasteiger partial charge in [0.1, 0.15) is 11.5 Å². The van der Waals surface area contributed by atoms with Gasteiger partial charge in [0.15, 0.2) is 5.58 Å². The zero-order valence-electron chi connectivity index (χ0n) is 19.9. The summed E-state index contributed by atoms with van der Waals surface area (Å²) in [5, 5.41) is 2.89. The molecule has 2 heterocycles. The highest BCUT2D eigenvalue weighted by atomic mass is 32.2. The fourth-order valence-corrected chi connectivity index (χ4v) is 5.72. The second-order valence-electron chi connectivity index (χ2n) is 8.27. The monoisotopic (exact) mass is 503 g/mol. The van der Waals surface area contributed by atoms with Crippen LogP contribution < -0.4 is 20.5 Å². The minimum absolute atomic E-state index is 0.0171. The molecule has 1 aliphatic heterocycles. The summed E-state index contributed by atoms with van der Waals surface area (Å²) < 4.78 is 45.6. The van der Waals surface area contributed by atoms with Crippen LogP contribution in [0.4, 0.5) is 5.69 Å². The molecule has 1 aliphatic rings. The van der Waals surface area contributed by atoms with Crippen molar-refractivity contribution in [3.8, 4) is 11.5 Å². The first-order valence-corrected chi connectivity index (χ1v) is 13.0. The summed E-state index contributed by atoms with van der Waals surface area (Å²) in [6, 6.07) is 9.55. The summed E-state index contributed by atoms with van der Waals surface area (Å²) in [6.45, 7) is 4.97. The molecule has 1 amide bonds. The lowest BCUT2D eigenvalue weighted by Crippen LogP contribution is -2.43. The van der Waals surface area contributed by atoms with E-state index in [1.54, 1.807) is 31.3 Å². The lowest BCUT2D eigenvalue weighted by Gasteiger charge is -2.31. The number of hydrogen-bond acceptors (Lipinski definition) is 7. The third-order valence-electron chi connectivity index (χ3n) is 5.98. The van der Waals surface area contributed by atoms with Gasteiger partial charge in [-0.2, -0.15) is 4.31 Å². The maximum atomic E-state index is 13.3. The van der Waals surface area contributed by atoms with E-state index in [4.69, 9.17) is 13.9 Å². The van der Waals surface area contributed by atoms with Gasteiger partial charge in [-0.1, -0.05) is 0 Å². The molecular formula is C24H29N3O7S. The fourth-order valence-electron chi connectivity index (χ4n) is 4.18. The predicted octanol–water partition coefficient (Wildman–Crippen LogP) is 2.97. The number of aryl methyl sites for hydroxylation is 1. The molecule has 11 heteroatoms. The van der Waals surface area contributed by atoms with Crippen molar-refractivity contribution in [1.82, 2.24) is 8.87 Å². The molecule has 188 valence electrons. The van der Waals surface area contributed by atoms with Crippen LogP contribution in [0.25, 0.3) is 11.1 Å². The van der Waals surface area contributed by atoms with Gasteiger partial charge in [0.05, 0.1) is 35.2 Å². The van der Waals surface area contributed by atoms with Crippen LogP contribution in [-0.4, -0.2) is 49.5 Å². The van der Waals surface area contributed by atoms with Crippen molar-refractivity contribution in [1.29, 1.82) is 0 Å². The maximum absolute atomic E-state index is 13.3. The summed E-state index contributed by atoms with van der Waals surface area (Å²) in [5.74, 6) is -0.278. The summed E-state index contributed by atoms with van der Waals surface area (Å²) in [5.41, 5.74) is 1.18. The topological polar surface area (TPSA) is 120 Å². The Bertz CT molecular complexity index is 1390. The zero-order valence-corrected chi connectivity index (χ0v) is 20.8. The number of carbonyl (C=O) groups excluding carboxylic acids is 1. The maximum Gasteiger partial charge on any atom is 0.419 e. The number of piperidine rings is 1. The Hall–Kier alpha value is -3.31. The molecule has 0 saturated carbocycles. The average molecular weight is 504 g/mol. The number of fused-ring (bicyclic) bond motifs is 1. The van der Waals surface area contributed by atoms with E-state index in [0.29, 0.717) is 55.3 Å². The summed E-state index contributed by atoms with van der Waals surface area (Å²) >= 11 is 0. The second-order valence-corrected chi connectivity index (χ2v) is 10.2. The van der Waals surface area contributed by atoms with Gasteiger partial charge >= 0.3 is 5.76 Å². The number of benzene rings is 2. The zero-order chi connectivity index (χ0) is 25.2. The molecule has 10 nitrogen and oxygen atoms in total. The quantitative estimate of drug-likeness (QED) is 0.502. The van der Waals surface area contributed by atoms with Crippen LogP contribution in [0.5, 0.6) is 11.5 Å². The first-order chi connectivity index (χ1) is 16.7. The minimum atomic E-state index is -3.89. The third kappa shape index (κ3) is 5.06. The van der Waals surface area contributed by atoms with Crippen molar-refractivity contribution < 1.29 is 27.1 Å². The van der Waals surface area contributed by atoms with Crippen molar-refractivity contribution in [2.75, 3.05) is 31.6 Å². The van der Waals surface area contributed by atoms with Crippen molar-refractivity contribution >= 4 is 32.7 Å². The number of amides is 1. The first-order valence-electron chi connectivity index (χ1n) is 11.5. The molecule has 3 aromatic rings. The number of nitrogens with zero attached hydrogens (tertiary/aromatic N) is 2. The largest absolute Gasteiger partial charge is 0.494 e. The fraction of sp³-hybridized carbons (Fsp3) is 0.417. The van der Waals surface area contributed by atoms with Gasteiger partial charge in [-0.05, 0) is 51.0 Å². The highest BCUT2D eigenvalue weighted by molar-refractivity contribution is 7.89. The molecule has 0 aliphatic carbocycles. The molecule has 1 saturated heterocycles. The number of oxazole rings is 1. The molecule has 1 N–H and O–H groups in total. The Kier molecular flexibility index (Phi) is 7.18. The molecule has 1 fully saturated rings. The molecule has 0 radical (unpaired) electrons. The van der Waals surface area contributed by atoms with Gasteiger partial charge < -0.3 is 19.2 Å². The number of nitrogens with one attached hydrogen (secondary N) is 1. The lowest BCUT2D eigenvalue weighted by atomic mass is 9.98. The van der Waals surface area contributed by atoms with E-state index in [2.05, 4.69) is 5.32 Å². The van der Waals surface area contributed by atoms with Crippen LogP contribution >= 0.6 is 0 Å². The Morgan fingerprint density at radius 3 is 2.66 bits per heavy atom. The molecule has 0 bridgehead atoms. The van der Waals surface area contributed by atoms with E-state index in [1.807, 2.05) is 13.8 Å². The number of anilines is 1. The standard InChI is InChI=1S/C24H29N3O7S/c1-4-32-17-8-11-21(33-5-2)19(13-17)25-23(28)16-7-6-12-27(15-16)35(30,31)18-9-10-20-22(14-18)34-24(29)26(20)3/h8-11,13-14,16H,4-7,12,15H2,1-3H3,(H,25,28)/t16-/m1/s1. The van der Waals surface area contributed by atoms with Gasteiger partial charge in [-0.25, -0.2) is 13.2 Å². The number of hydrogen-bond donors (Lipinski definition) is 1. The summed E-state index contributed by atoms with van der Waals surface area (Å²) in [4.78, 5) is 24.9. The minimum Gasteiger partial charge on any atom is -0.494 e. The molecule has 0 unspecified atom stereocenters. The van der Waals surface area contributed by atoms with Gasteiger partial charge in [-0.3, -0.25) is 9.36 Å². The van der Waals surface area contributed by atoms with E-state index in [-0.39, 0.29) is 22.9 Å². The molecule has 4 rings (SSSR count). The van der Waals surface area contributed by atoms with Crippen molar-refractivity contribution in [3.05, 3.63) is 46.9 Å². The van der Waals surface area contributed by atoms with Crippen LogP contribution in [-0.2, 0) is 21.9 Å². The Labute approximate surface area is 203 Å². The molecule has 1 aromatic heterocycles. The van der Waals surface area contributed by atoms with Gasteiger partial charge in [0.25, 0.3) is 0 Å². The number of sulfonamides is 1. The van der Waals surface area contributed by atoms with E-state index in [1.165, 1.54) is 21.0 Å². The molecular weight excluding hydrogens is 474 g/mol. The van der Waals surface area contributed by atoms with Gasteiger partial charge in [-0.15, -0.1) is 0 Å². The summed E-state index contributed by atoms with van der Waals surface area (Å²) in [7, 11) is -2.34. The van der Waals surface area contributed by atoms with Crippen LogP contribution in [0.3, 0.4) is 0 Å². The van der Waals surface area contributed by atoms with E-state index in [0.717, 1.165) is 0 Å². The van der Waals surface area contributed by atoms with E-state index in [9.17, 15) is 18.0 Å². The highest BCUT2D eigenvalue weighted by Crippen LogP contribution is 2.31. The normalized spacial score (nSPS) is 16.8. The summed E-state index contributed by atoms with van der Waals surface area (Å²) in [6.07, 6.45) is 1.09. The first kappa shape index (κ1) is 24.8. The number of rotatable bonds is 8. The number of ether oxygens (including phenoxy) is 2. The van der Waals surface area contributed by atoms with Crippen molar-refractivity contribution in [2.45, 2.75) is 31.6 Å². The smallest absolute Gasteiger partial charge is 0.419 e. The van der Waals surface area contributed by atoms with E-state index >= 15 is 0 Å². The second kappa shape index (κ2) is 10.1. The molecule has 1 atom stereocenters. The molecule has 0 spiro atoms. The van der Waals surface area contributed by atoms with Gasteiger partial charge in [0.2, 0.25) is 15.9 Å². The molecule has 2 aromatic carbocycles.